The molecular weight excluding hydrogens is 256 g/mol. The Morgan fingerprint density at radius 3 is 2.68 bits per heavy atom. The number of hydrogen-bond acceptors (Lipinski definition) is 5. The highest BCUT2D eigenvalue weighted by Gasteiger charge is 2.14. The Kier molecular flexibility index (Phi) is 4.95. The number of carboxylic acid groups (broad SMARTS) is 1. The smallest absolute Gasteiger partial charge is 0.329 e. The molecule has 1 amide bonds. The number of carbonyl (C=O) groups excluding carboxylic acids is 1. The zero-order chi connectivity index (χ0) is 14.4. The molecule has 0 saturated heterocycles. The first kappa shape index (κ1) is 14.6. The van der Waals surface area contributed by atoms with Crippen LogP contribution >= 0.6 is 0 Å². The highest BCUT2D eigenvalue weighted by atomic mass is 16.6. The molecule has 0 aliphatic carbocycles. The monoisotopic (exact) mass is 268 g/mol. The van der Waals surface area contributed by atoms with Crippen LogP contribution in [0.1, 0.15) is 5.56 Å². The second kappa shape index (κ2) is 6.45. The van der Waals surface area contributed by atoms with E-state index in [1.807, 2.05) is 0 Å². The molecule has 19 heavy (non-hydrogen) atoms. The summed E-state index contributed by atoms with van der Waals surface area (Å²) >= 11 is 0. The van der Waals surface area contributed by atoms with Crippen molar-refractivity contribution in [1.82, 2.24) is 0 Å². The molecule has 8 nitrogen and oxygen atoms in total. The standard InChI is InChI=1S/C11H12N2O6/c1-7-8(3-2-4-9(7)13(17)18)12-10(14)5-19-6-11(15)16/h2-4H,5-6H2,1H3,(H,12,14)(H,15,16). The fourth-order valence-electron chi connectivity index (χ4n) is 1.37. The van der Waals surface area contributed by atoms with E-state index in [2.05, 4.69) is 10.1 Å². The predicted octanol–water partition coefficient (Wildman–Crippen LogP) is 0.943. The van der Waals surface area contributed by atoms with Crippen LogP contribution in [0.15, 0.2) is 18.2 Å². The second-order valence-corrected chi connectivity index (χ2v) is 3.64. The maximum absolute atomic E-state index is 11.4. The lowest BCUT2D eigenvalue weighted by atomic mass is 10.1. The molecule has 0 atom stereocenters. The number of carbonyl (C=O) groups is 2. The third-order valence-corrected chi connectivity index (χ3v) is 2.23. The summed E-state index contributed by atoms with van der Waals surface area (Å²) in [6, 6.07) is 4.28. The van der Waals surface area contributed by atoms with Crippen LogP contribution in [0.3, 0.4) is 0 Å². The van der Waals surface area contributed by atoms with E-state index in [1.54, 1.807) is 0 Å². The predicted molar refractivity (Wildman–Crippen MR) is 64.9 cm³/mol. The lowest BCUT2D eigenvalue weighted by Crippen LogP contribution is -2.21. The van der Waals surface area contributed by atoms with E-state index < -0.39 is 30.0 Å². The highest BCUT2D eigenvalue weighted by Crippen LogP contribution is 2.24. The zero-order valence-electron chi connectivity index (χ0n) is 10.1. The Hall–Kier alpha value is -2.48. The molecule has 0 aliphatic rings. The molecule has 2 N–H and O–H groups in total. The molecule has 0 unspecified atom stereocenters. The number of rotatable bonds is 6. The number of aliphatic carboxylic acids is 1. The number of anilines is 1. The van der Waals surface area contributed by atoms with Crippen LogP contribution in [-0.4, -0.2) is 35.1 Å². The molecule has 1 aromatic carbocycles. The van der Waals surface area contributed by atoms with Gasteiger partial charge in [0, 0.05) is 6.07 Å². The Balaban J connectivity index is 2.67. The van der Waals surface area contributed by atoms with Crippen molar-refractivity contribution in [2.45, 2.75) is 6.92 Å². The number of carboxylic acids is 1. The minimum absolute atomic E-state index is 0.107. The van der Waals surface area contributed by atoms with Crippen LogP contribution < -0.4 is 5.32 Å². The lowest BCUT2D eigenvalue weighted by molar-refractivity contribution is -0.385. The van der Waals surface area contributed by atoms with E-state index in [-0.39, 0.29) is 11.4 Å². The van der Waals surface area contributed by atoms with Crippen molar-refractivity contribution in [3.8, 4) is 0 Å². The molecule has 0 saturated carbocycles. The summed E-state index contributed by atoms with van der Waals surface area (Å²) in [6.45, 7) is 0.488. The van der Waals surface area contributed by atoms with E-state index >= 15 is 0 Å². The summed E-state index contributed by atoms with van der Waals surface area (Å²) < 4.78 is 4.60. The van der Waals surface area contributed by atoms with Crippen LogP contribution in [0.2, 0.25) is 0 Å². The highest BCUT2D eigenvalue weighted by molar-refractivity contribution is 5.93. The average Bonchev–Trinajstić information content (AvgIpc) is 2.31. The van der Waals surface area contributed by atoms with Crippen molar-refractivity contribution in [1.29, 1.82) is 0 Å². The summed E-state index contributed by atoms with van der Waals surface area (Å²) in [5.41, 5.74) is 0.501. The van der Waals surface area contributed by atoms with Gasteiger partial charge in [-0.15, -0.1) is 0 Å². The number of hydrogen-bond donors (Lipinski definition) is 2. The first-order valence-electron chi connectivity index (χ1n) is 5.25. The minimum atomic E-state index is -1.18. The zero-order valence-corrected chi connectivity index (χ0v) is 10.1. The number of ether oxygens (including phenoxy) is 1. The van der Waals surface area contributed by atoms with Gasteiger partial charge in [0.1, 0.15) is 13.2 Å². The van der Waals surface area contributed by atoms with E-state index in [4.69, 9.17) is 5.11 Å². The van der Waals surface area contributed by atoms with Gasteiger partial charge in [0.05, 0.1) is 16.2 Å². The van der Waals surface area contributed by atoms with Crippen molar-refractivity contribution in [2.24, 2.45) is 0 Å². The van der Waals surface area contributed by atoms with Crippen molar-refractivity contribution in [3.05, 3.63) is 33.9 Å². The van der Waals surface area contributed by atoms with Gasteiger partial charge < -0.3 is 15.2 Å². The maximum atomic E-state index is 11.4. The molecule has 0 spiro atoms. The molecule has 8 heteroatoms. The normalized spacial score (nSPS) is 9.95. The number of amides is 1. The lowest BCUT2D eigenvalue weighted by Gasteiger charge is -2.08. The number of benzene rings is 1. The van der Waals surface area contributed by atoms with Crippen LogP contribution in [0, 0.1) is 17.0 Å². The van der Waals surface area contributed by atoms with Gasteiger partial charge in [0.15, 0.2) is 0 Å². The Bertz CT molecular complexity index is 514. The molecule has 0 bridgehead atoms. The first-order valence-corrected chi connectivity index (χ1v) is 5.25. The molecule has 1 rings (SSSR count). The van der Waals surface area contributed by atoms with Gasteiger partial charge in [0.25, 0.3) is 5.69 Å². The van der Waals surface area contributed by atoms with Crippen molar-refractivity contribution >= 4 is 23.3 Å². The second-order valence-electron chi connectivity index (χ2n) is 3.64. The van der Waals surface area contributed by atoms with Crippen LogP contribution in [0.5, 0.6) is 0 Å². The molecule has 0 fully saturated rings. The largest absolute Gasteiger partial charge is 0.480 e. The van der Waals surface area contributed by atoms with Gasteiger partial charge >= 0.3 is 5.97 Å². The van der Waals surface area contributed by atoms with E-state index in [9.17, 15) is 19.7 Å². The third kappa shape index (κ3) is 4.36. The van der Waals surface area contributed by atoms with Gasteiger partial charge in [-0.25, -0.2) is 4.79 Å². The van der Waals surface area contributed by atoms with Gasteiger partial charge in [-0.05, 0) is 13.0 Å². The summed E-state index contributed by atoms with van der Waals surface area (Å²) in [6.07, 6.45) is 0. The topological polar surface area (TPSA) is 119 Å². The molecule has 102 valence electrons. The Morgan fingerprint density at radius 2 is 2.11 bits per heavy atom. The quantitative estimate of drug-likeness (QED) is 0.585. The van der Waals surface area contributed by atoms with E-state index in [0.717, 1.165) is 0 Å². The molecule has 0 radical (unpaired) electrons. The Labute approximate surface area is 108 Å². The molecular formula is C11H12N2O6. The maximum Gasteiger partial charge on any atom is 0.329 e. The molecule has 1 aromatic rings. The molecule has 0 heterocycles. The van der Waals surface area contributed by atoms with E-state index in [1.165, 1.54) is 25.1 Å². The van der Waals surface area contributed by atoms with Gasteiger partial charge in [-0.2, -0.15) is 0 Å². The van der Waals surface area contributed by atoms with Crippen molar-refractivity contribution in [2.75, 3.05) is 18.5 Å². The minimum Gasteiger partial charge on any atom is -0.480 e. The first-order chi connectivity index (χ1) is 8.91. The number of nitro groups is 1. The fraction of sp³-hybridized carbons (Fsp3) is 0.273. The average molecular weight is 268 g/mol. The van der Waals surface area contributed by atoms with Crippen LogP contribution in [-0.2, 0) is 14.3 Å². The van der Waals surface area contributed by atoms with Gasteiger partial charge in [-0.1, -0.05) is 6.07 Å². The van der Waals surface area contributed by atoms with E-state index in [0.29, 0.717) is 5.56 Å². The summed E-state index contributed by atoms with van der Waals surface area (Å²) in [7, 11) is 0. The van der Waals surface area contributed by atoms with Gasteiger partial charge in [0.2, 0.25) is 5.91 Å². The Morgan fingerprint density at radius 1 is 1.42 bits per heavy atom. The van der Waals surface area contributed by atoms with Crippen molar-refractivity contribution in [3.63, 3.8) is 0 Å². The van der Waals surface area contributed by atoms with Crippen LogP contribution in [0.25, 0.3) is 0 Å². The molecule has 0 aliphatic heterocycles. The van der Waals surface area contributed by atoms with Gasteiger partial charge in [-0.3, -0.25) is 14.9 Å². The van der Waals surface area contributed by atoms with Crippen molar-refractivity contribution < 1.29 is 24.4 Å². The number of nitro benzene ring substituents is 1. The summed E-state index contributed by atoms with van der Waals surface area (Å²) in [5, 5.41) is 21.5. The number of nitrogens with zero attached hydrogens (tertiary/aromatic N) is 1. The summed E-state index contributed by atoms with van der Waals surface area (Å²) in [5.74, 6) is -1.76. The third-order valence-electron chi connectivity index (χ3n) is 2.23. The number of nitrogens with one attached hydrogen (secondary N) is 1. The fourth-order valence-corrected chi connectivity index (χ4v) is 1.37. The molecule has 0 aromatic heterocycles. The summed E-state index contributed by atoms with van der Waals surface area (Å²) in [4.78, 5) is 31.8. The SMILES string of the molecule is Cc1c(NC(=O)COCC(=O)O)cccc1[N+](=O)[O-]. The van der Waals surface area contributed by atoms with Crippen LogP contribution in [0.4, 0.5) is 11.4 Å².